The molecule has 2 aliphatic rings. The van der Waals surface area contributed by atoms with E-state index in [2.05, 4.69) is 0 Å². The van der Waals surface area contributed by atoms with Gasteiger partial charge in [-0.25, -0.2) is 13.2 Å². The van der Waals surface area contributed by atoms with Crippen molar-refractivity contribution in [3.05, 3.63) is 52.4 Å². The smallest absolute Gasteiger partial charge is 0.338 e. The molecule has 1 aromatic carbocycles. The van der Waals surface area contributed by atoms with Gasteiger partial charge in [0.25, 0.3) is 21.8 Å². The summed E-state index contributed by atoms with van der Waals surface area (Å²) in [5, 5.41) is 0.437. The van der Waals surface area contributed by atoms with Crippen molar-refractivity contribution >= 4 is 39.1 Å². The van der Waals surface area contributed by atoms with Crippen molar-refractivity contribution in [2.75, 3.05) is 26.3 Å². The number of rotatable bonds is 5. The third-order valence-corrected chi connectivity index (χ3v) is 7.92. The molecule has 0 spiro atoms. The molecular weight excluding hydrogens is 420 g/mol. The molecule has 0 unspecified atom stereocenters. The molecule has 0 bridgehead atoms. The third-order valence-electron chi connectivity index (χ3n) is 4.47. The lowest BCUT2D eigenvalue weighted by Crippen LogP contribution is -2.40. The van der Waals surface area contributed by atoms with Gasteiger partial charge in [0.05, 0.1) is 30.8 Å². The molecular formula is C18H16N2O7S2. The fraction of sp³-hybridized carbons (Fsp3) is 0.278. The van der Waals surface area contributed by atoms with E-state index in [1.165, 1.54) is 28.6 Å². The van der Waals surface area contributed by atoms with Gasteiger partial charge in [-0.1, -0.05) is 17.2 Å². The van der Waals surface area contributed by atoms with Crippen LogP contribution in [0.15, 0.2) is 40.6 Å². The lowest BCUT2D eigenvalue weighted by atomic mass is 10.1. The topological polar surface area (TPSA) is 110 Å². The summed E-state index contributed by atoms with van der Waals surface area (Å²) in [6.07, 6.45) is -0.267. The van der Waals surface area contributed by atoms with Gasteiger partial charge in [0.2, 0.25) is 0 Å². The Morgan fingerprint density at radius 2 is 1.66 bits per heavy atom. The quantitative estimate of drug-likeness (QED) is 0.645. The SMILES string of the molecule is O=C(Cc1ccc(S(=O)(=O)N2CCOCC2)s1)ON1C(=O)c2ccccc2C1=O. The number of nitrogens with zero attached hydrogens (tertiary/aromatic N) is 2. The van der Waals surface area contributed by atoms with Crippen LogP contribution in [0.2, 0.25) is 0 Å². The number of hydrogen-bond donors (Lipinski definition) is 0. The molecule has 1 saturated heterocycles. The number of imide groups is 1. The lowest BCUT2D eigenvalue weighted by molar-refractivity contribution is -0.167. The maximum Gasteiger partial charge on any atom is 0.338 e. The van der Waals surface area contributed by atoms with Crippen LogP contribution in [0.5, 0.6) is 0 Å². The van der Waals surface area contributed by atoms with Crippen LogP contribution < -0.4 is 0 Å². The zero-order valence-electron chi connectivity index (χ0n) is 15.1. The van der Waals surface area contributed by atoms with Crippen molar-refractivity contribution in [3.63, 3.8) is 0 Å². The number of sulfonamides is 1. The minimum Gasteiger partial charge on any atom is -0.379 e. The molecule has 9 nitrogen and oxygen atoms in total. The van der Waals surface area contributed by atoms with Gasteiger partial charge >= 0.3 is 5.97 Å². The predicted octanol–water partition coefficient (Wildman–Crippen LogP) is 1.07. The van der Waals surface area contributed by atoms with Crippen LogP contribution in [0.4, 0.5) is 0 Å². The number of hydroxylamine groups is 2. The molecule has 1 fully saturated rings. The van der Waals surface area contributed by atoms with E-state index in [-0.39, 0.29) is 34.8 Å². The van der Waals surface area contributed by atoms with Crippen LogP contribution in [0.3, 0.4) is 0 Å². The molecule has 0 radical (unpaired) electrons. The van der Waals surface area contributed by atoms with Gasteiger partial charge in [-0.3, -0.25) is 9.59 Å². The number of carbonyl (C=O) groups is 3. The van der Waals surface area contributed by atoms with Crippen molar-refractivity contribution in [1.82, 2.24) is 9.37 Å². The van der Waals surface area contributed by atoms with E-state index in [0.29, 0.717) is 23.2 Å². The van der Waals surface area contributed by atoms with Crippen molar-refractivity contribution < 1.29 is 32.4 Å². The number of hydrogen-bond acceptors (Lipinski definition) is 8. The van der Waals surface area contributed by atoms with E-state index in [1.807, 2.05) is 0 Å². The van der Waals surface area contributed by atoms with E-state index in [1.54, 1.807) is 12.1 Å². The summed E-state index contributed by atoms with van der Waals surface area (Å²) in [7, 11) is -3.65. The Morgan fingerprint density at radius 1 is 1.03 bits per heavy atom. The first-order chi connectivity index (χ1) is 13.9. The average molecular weight is 436 g/mol. The summed E-state index contributed by atoms with van der Waals surface area (Å²) in [6.45, 7) is 1.23. The predicted molar refractivity (Wildman–Crippen MR) is 101 cm³/mol. The van der Waals surface area contributed by atoms with Crippen LogP contribution in [0.1, 0.15) is 25.6 Å². The van der Waals surface area contributed by atoms with Crippen LogP contribution >= 0.6 is 11.3 Å². The molecule has 2 aromatic rings. The Labute approximate surface area is 170 Å². The van der Waals surface area contributed by atoms with Crippen molar-refractivity contribution in [1.29, 1.82) is 0 Å². The number of amides is 2. The molecule has 3 heterocycles. The fourth-order valence-electron chi connectivity index (χ4n) is 3.03. The number of thiophene rings is 1. The van der Waals surface area contributed by atoms with Crippen LogP contribution in [-0.2, 0) is 30.8 Å². The van der Waals surface area contributed by atoms with Crippen LogP contribution in [0.25, 0.3) is 0 Å². The van der Waals surface area contributed by atoms with E-state index in [4.69, 9.17) is 9.57 Å². The number of morpholine rings is 1. The van der Waals surface area contributed by atoms with Gasteiger partial charge in [-0.05, 0) is 24.3 Å². The maximum atomic E-state index is 12.6. The van der Waals surface area contributed by atoms with Crippen LogP contribution in [0, 0.1) is 0 Å². The van der Waals surface area contributed by atoms with E-state index in [0.717, 1.165) is 11.3 Å². The van der Waals surface area contributed by atoms with E-state index >= 15 is 0 Å². The largest absolute Gasteiger partial charge is 0.379 e. The second kappa shape index (κ2) is 7.67. The maximum absolute atomic E-state index is 12.6. The van der Waals surface area contributed by atoms with Crippen LogP contribution in [-0.4, -0.2) is 61.9 Å². The molecule has 2 aliphatic heterocycles. The standard InChI is InChI=1S/C18H16N2O7S2/c21-15(27-20-17(22)13-3-1-2-4-14(13)18(20)23)11-12-5-6-16(28-12)29(24,25)19-7-9-26-10-8-19/h1-6H,7-11H2. The second-order valence-electron chi connectivity index (χ2n) is 6.33. The average Bonchev–Trinajstić information content (AvgIpc) is 3.29. The Kier molecular flexibility index (Phi) is 5.21. The highest BCUT2D eigenvalue weighted by molar-refractivity contribution is 7.91. The first kappa shape index (κ1) is 19.7. The summed E-state index contributed by atoms with van der Waals surface area (Å²) >= 11 is 0.949. The fourth-order valence-corrected chi connectivity index (χ4v) is 5.94. The monoisotopic (exact) mass is 436 g/mol. The molecule has 11 heteroatoms. The summed E-state index contributed by atoms with van der Waals surface area (Å²) in [4.78, 5) is 42.1. The first-order valence-electron chi connectivity index (χ1n) is 8.73. The molecule has 1 aromatic heterocycles. The summed E-state index contributed by atoms with van der Waals surface area (Å²) < 4.78 is 31.9. The third kappa shape index (κ3) is 3.69. The van der Waals surface area contributed by atoms with Gasteiger partial charge in [0.1, 0.15) is 4.21 Å². The summed E-state index contributed by atoms with van der Waals surface area (Å²) in [5.41, 5.74) is 0.334. The molecule has 0 saturated carbocycles. The number of carbonyl (C=O) groups excluding carboxylic acids is 3. The number of fused-ring (bicyclic) bond motifs is 1. The van der Waals surface area contributed by atoms with Crippen molar-refractivity contribution in [3.8, 4) is 0 Å². The highest BCUT2D eigenvalue weighted by Gasteiger charge is 2.38. The highest BCUT2D eigenvalue weighted by atomic mass is 32.2. The van der Waals surface area contributed by atoms with E-state index < -0.39 is 27.8 Å². The van der Waals surface area contributed by atoms with Gasteiger partial charge in [0, 0.05) is 18.0 Å². The Balaban J connectivity index is 1.43. The van der Waals surface area contributed by atoms with Gasteiger partial charge in [-0.2, -0.15) is 4.31 Å². The van der Waals surface area contributed by atoms with Crippen molar-refractivity contribution in [2.24, 2.45) is 0 Å². The summed E-state index contributed by atoms with van der Waals surface area (Å²) in [5.74, 6) is -2.25. The van der Waals surface area contributed by atoms with Gasteiger partial charge < -0.3 is 9.57 Å². The van der Waals surface area contributed by atoms with Gasteiger partial charge in [0.15, 0.2) is 0 Å². The molecule has 152 valence electrons. The first-order valence-corrected chi connectivity index (χ1v) is 11.0. The lowest BCUT2D eigenvalue weighted by Gasteiger charge is -2.25. The molecule has 4 rings (SSSR count). The zero-order valence-corrected chi connectivity index (χ0v) is 16.7. The Morgan fingerprint density at radius 3 is 2.28 bits per heavy atom. The van der Waals surface area contributed by atoms with Crippen molar-refractivity contribution in [2.45, 2.75) is 10.6 Å². The zero-order chi connectivity index (χ0) is 20.6. The Hall–Kier alpha value is -2.60. The number of benzene rings is 1. The molecule has 29 heavy (non-hydrogen) atoms. The second-order valence-corrected chi connectivity index (χ2v) is 9.66. The Bertz CT molecular complexity index is 1050. The number of ether oxygens (including phenoxy) is 1. The highest BCUT2D eigenvalue weighted by Crippen LogP contribution is 2.27. The van der Waals surface area contributed by atoms with Gasteiger partial charge in [-0.15, -0.1) is 11.3 Å². The normalized spacial score (nSPS) is 17.4. The minimum atomic E-state index is -3.65. The molecule has 0 N–H and O–H groups in total. The minimum absolute atomic E-state index is 0.114. The van der Waals surface area contributed by atoms with E-state index in [9.17, 15) is 22.8 Å². The molecule has 2 amide bonds. The molecule has 0 atom stereocenters. The molecule has 0 aliphatic carbocycles. The summed E-state index contributed by atoms with van der Waals surface area (Å²) in [6, 6.07) is 9.12.